The van der Waals surface area contributed by atoms with Crippen LogP contribution >= 0.6 is 0 Å². The fraction of sp³-hybridized carbons (Fsp3) is 0.333. The van der Waals surface area contributed by atoms with Gasteiger partial charge >= 0.3 is 0 Å². The van der Waals surface area contributed by atoms with Crippen LogP contribution in [0.5, 0.6) is 0 Å². The molecule has 0 aliphatic heterocycles. The Kier molecular flexibility index (Phi) is 3.18. The van der Waals surface area contributed by atoms with E-state index in [4.69, 9.17) is 0 Å². The van der Waals surface area contributed by atoms with Crippen molar-refractivity contribution >= 4 is 11.8 Å². The van der Waals surface area contributed by atoms with Gasteiger partial charge in [0.25, 0.3) is 0 Å². The molecule has 2 aromatic rings. The van der Waals surface area contributed by atoms with E-state index in [1.807, 2.05) is 0 Å². The van der Waals surface area contributed by atoms with Crippen molar-refractivity contribution in [2.24, 2.45) is 5.92 Å². The van der Waals surface area contributed by atoms with E-state index in [2.05, 4.69) is 58.1 Å². The lowest BCUT2D eigenvalue weighted by Gasteiger charge is -2.11. The highest BCUT2D eigenvalue weighted by Gasteiger charge is 2.16. The Morgan fingerprint density at radius 3 is 3.05 bits per heavy atom. The number of imidazole rings is 1. The summed E-state index contributed by atoms with van der Waals surface area (Å²) in [5, 5.41) is 10.4. The largest absolute Gasteiger partial charge is 0.356 e. The van der Waals surface area contributed by atoms with E-state index in [1.165, 1.54) is 5.69 Å². The number of fused-ring (bicyclic) bond motifs is 1. The number of aryl methyl sites for hydroxylation is 1. The highest BCUT2D eigenvalue weighted by molar-refractivity contribution is 5.72. The highest BCUT2D eigenvalue weighted by Crippen LogP contribution is 2.27. The van der Waals surface area contributed by atoms with Crippen LogP contribution in [0.2, 0.25) is 0 Å². The van der Waals surface area contributed by atoms with Crippen LogP contribution in [0, 0.1) is 5.92 Å². The first-order valence-electron chi connectivity index (χ1n) is 6.90. The molecule has 0 amide bonds. The molecule has 0 saturated heterocycles. The lowest BCUT2D eigenvalue weighted by molar-refractivity contribution is 0.778. The SMILES string of the molecule is C=C(Nc1cn[nH]c1-c1nc2c([nH]1)CCC=C2)C(C)C. The molecule has 0 bridgehead atoms. The number of aromatic nitrogens is 4. The van der Waals surface area contributed by atoms with Crippen molar-refractivity contribution in [2.45, 2.75) is 26.7 Å². The van der Waals surface area contributed by atoms with E-state index >= 15 is 0 Å². The van der Waals surface area contributed by atoms with E-state index in [1.54, 1.807) is 6.20 Å². The van der Waals surface area contributed by atoms with Gasteiger partial charge in [-0.1, -0.05) is 26.5 Å². The second-order valence-corrected chi connectivity index (χ2v) is 5.35. The molecule has 0 unspecified atom stereocenters. The summed E-state index contributed by atoms with van der Waals surface area (Å²) in [4.78, 5) is 8.00. The van der Waals surface area contributed by atoms with Crippen LogP contribution in [-0.4, -0.2) is 20.2 Å². The van der Waals surface area contributed by atoms with E-state index in [0.29, 0.717) is 5.92 Å². The number of rotatable bonds is 4. The summed E-state index contributed by atoms with van der Waals surface area (Å²) >= 11 is 0. The first kappa shape index (κ1) is 12.7. The molecule has 2 heterocycles. The summed E-state index contributed by atoms with van der Waals surface area (Å²) in [7, 11) is 0. The molecule has 0 aromatic carbocycles. The van der Waals surface area contributed by atoms with Crippen molar-refractivity contribution in [3.63, 3.8) is 0 Å². The monoisotopic (exact) mass is 269 g/mol. The third kappa shape index (κ3) is 2.27. The molecule has 0 spiro atoms. The number of H-pyrrole nitrogens is 2. The molecule has 0 radical (unpaired) electrons. The molecule has 2 aromatic heterocycles. The second kappa shape index (κ2) is 5.00. The second-order valence-electron chi connectivity index (χ2n) is 5.35. The van der Waals surface area contributed by atoms with Crippen molar-refractivity contribution in [1.29, 1.82) is 0 Å². The van der Waals surface area contributed by atoms with Gasteiger partial charge in [-0.2, -0.15) is 5.10 Å². The van der Waals surface area contributed by atoms with Crippen LogP contribution < -0.4 is 5.32 Å². The van der Waals surface area contributed by atoms with E-state index in [0.717, 1.165) is 41.4 Å². The van der Waals surface area contributed by atoms with Gasteiger partial charge in [-0.25, -0.2) is 4.98 Å². The Morgan fingerprint density at radius 2 is 2.30 bits per heavy atom. The summed E-state index contributed by atoms with van der Waals surface area (Å²) in [6.45, 7) is 8.24. The standard InChI is InChI=1S/C15H19N5/c1-9(2)10(3)17-13-8-16-20-14(13)15-18-11-6-4-5-7-12(11)19-15/h4,6,8-9,17H,3,5,7H2,1-2H3,(H,16,20)(H,18,19). The van der Waals surface area contributed by atoms with Crippen molar-refractivity contribution in [3.8, 4) is 11.5 Å². The molecule has 5 heteroatoms. The number of nitrogens with zero attached hydrogens (tertiary/aromatic N) is 2. The van der Waals surface area contributed by atoms with Crippen LogP contribution in [0.15, 0.2) is 24.5 Å². The minimum Gasteiger partial charge on any atom is -0.356 e. The topological polar surface area (TPSA) is 69.4 Å². The molecule has 3 N–H and O–H groups in total. The maximum atomic E-state index is 4.62. The van der Waals surface area contributed by atoms with Crippen LogP contribution in [0.4, 0.5) is 5.69 Å². The normalized spacial score (nSPS) is 13.6. The van der Waals surface area contributed by atoms with Crippen molar-refractivity contribution in [1.82, 2.24) is 20.2 Å². The Hall–Kier alpha value is -2.30. The van der Waals surface area contributed by atoms with Gasteiger partial charge in [0.05, 0.1) is 17.6 Å². The first-order chi connectivity index (χ1) is 9.65. The van der Waals surface area contributed by atoms with Gasteiger partial charge in [0.2, 0.25) is 0 Å². The van der Waals surface area contributed by atoms with Crippen LogP contribution in [-0.2, 0) is 6.42 Å². The van der Waals surface area contributed by atoms with Crippen LogP contribution in [0.1, 0.15) is 31.7 Å². The number of hydrogen-bond donors (Lipinski definition) is 3. The minimum atomic E-state index is 0.366. The maximum Gasteiger partial charge on any atom is 0.158 e. The van der Waals surface area contributed by atoms with Gasteiger partial charge in [-0.15, -0.1) is 0 Å². The lowest BCUT2D eigenvalue weighted by atomic mass is 10.1. The Morgan fingerprint density at radius 1 is 1.45 bits per heavy atom. The van der Waals surface area contributed by atoms with Gasteiger partial charge in [-0.3, -0.25) is 5.10 Å². The average molecular weight is 269 g/mol. The zero-order valence-corrected chi connectivity index (χ0v) is 11.8. The molecular weight excluding hydrogens is 250 g/mol. The minimum absolute atomic E-state index is 0.366. The highest BCUT2D eigenvalue weighted by atomic mass is 15.2. The molecule has 3 rings (SSSR count). The predicted molar refractivity (Wildman–Crippen MR) is 81.1 cm³/mol. The molecule has 0 saturated carbocycles. The zero-order chi connectivity index (χ0) is 14.1. The zero-order valence-electron chi connectivity index (χ0n) is 11.8. The molecule has 104 valence electrons. The van der Waals surface area contributed by atoms with Crippen LogP contribution in [0.25, 0.3) is 17.6 Å². The van der Waals surface area contributed by atoms with E-state index in [-0.39, 0.29) is 0 Å². The number of nitrogens with one attached hydrogen (secondary N) is 3. The Balaban J connectivity index is 1.91. The van der Waals surface area contributed by atoms with E-state index in [9.17, 15) is 0 Å². The van der Waals surface area contributed by atoms with E-state index < -0.39 is 0 Å². The fourth-order valence-electron chi connectivity index (χ4n) is 2.17. The average Bonchev–Trinajstić information content (AvgIpc) is 3.03. The molecule has 1 aliphatic rings. The summed E-state index contributed by atoms with van der Waals surface area (Å²) in [6, 6.07) is 0. The summed E-state index contributed by atoms with van der Waals surface area (Å²) in [5.41, 5.74) is 4.94. The summed E-state index contributed by atoms with van der Waals surface area (Å²) in [6.07, 6.45) is 8.05. The Bertz CT molecular complexity index is 660. The summed E-state index contributed by atoms with van der Waals surface area (Å²) in [5.74, 6) is 1.18. The van der Waals surface area contributed by atoms with Crippen molar-refractivity contribution < 1.29 is 0 Å². The van der Waals surface area contributed by atoms with Gasteiger partial charge < -0.3 is 10.3 Å². The number of hydrogen-bond acceptors (Lipinski definition) is 3. The molecular formula is C15H19N5. The number of anilines is 1. The predicted octanol–water partition coefficient (Wildman–Crippen LogP) is 3.34. The molecule has 1 aliphatic carbocycles. The third-order valence-electron chi connectivity index (χ3n) is 3.52. The fourth-order valence-corrected chi connectivity index (χ4v) is 2.17. The molecule has 0 atom stereocenters. The van der Waals surface area contributed by atoms with Gasteiger partial charge in [0, 0.05) is 11.4 Å². The third-order valence-corrected chi connectivity index (χ3v) is 3.52. The Labute approximate surface area is 118 Å². The number of allylic oxidation sites excluding steroid dienone is 2. The molecule has 5 nitrogen and oxygen atoms in total. The lowest BCUT2D eigenvalue weighted by Crippen LogP contribution is -2.04. The van der Waals surface area contributed by atoms with Gasteiger partial charge in [0.15, 0.2) is 5.82 Å². The van der Waals surface area contributed by atoms with Gasteiger partial charge in [0.1, 0.15) is 5.69 Å². The quantitative estimate of drug-likeness (QED) is 0.797. The van der Waals surface area contributed by atoms with Crippen molar-refractivity contribution in [3.05, 3.63) is 35.9 Å². The smallest absolute Gasteiger partial charge is 0.158 e. The van der Waals surface area contributed by atoms with Crippen molar-refractivity contribution in [2.75, 3.05) is 5.32 Å². The number of aromatic amines is 2. The van der Waals surface area contributed by atoms with Gasteiger partial charge in [-0.05, 0) is 24.8 Å². The van der Waals surface area contributed by atoms with Crippen LogP contribution in [0.3, 0.4) is 0 Å². The summed E-state index contributed by atoms with van der Waals surface area (Å²) < 4.78 is 0. The molecule has 0 fully saturated rings. The maximum absolute atomic E-state index is 4.62. The molecule has 20 heavy (non-hydrogen) atoms. The first-order valence-corrected chi connectivity index (χ1v) is 6.90.